The first-order chi connectivity index (χ1) is 7.69. The molecule has 0 saturated heterocycles. The highest BCUT2D eigenvalue weighted by atomic mass is 16.5. The number of aromatic amines is 1. The Hall–Kier alpha value is -2.11. The second-order valence-electron chi connectivity index (χ2n) is 2.86. The van der Waals surface area contributed by atoms with Crippen molar-refractivity contribution >= 4 is 11.9 Å². The maximum atomic E-state index is 11.5. The van der Waals surface area contributed by atoms with Crippen LogP contribution < -0.4 is 10.9 Å². The van der Waals surface area contributed by atoms with Crippen LogP contribution in [0.15, 0.2) is 23.6 Å². The van der Waals surface area contributed by atoms with Gasteiger partial charge in [0.1, 0.15) is 5.56 Å². The average Bonchev–Trinajstić information content (AvgIpc) is 2.26. The standard InChI is InChI=1S/C10H13N3O3/c1-3-5-11-10-12-6-7(8(14)13-10)9(15)16-4-2/h3,6H,1,4-5H2,2H3,(H2,11,12,13,14). The van der Waals surface area contributed by atoms with E-state index in [0.717, 1.165) is 0 Å². The van der Waals surface area contributed by atoms with E-state index in [1.165, 1.54) is 6.20 Å². The molecule has 0 aliphatic carbocycles. The first-order valence-corrected chi connectivity index (χ1v) is 4.80. The van der Waals surface area contributed by atoms with Crippen molar-refractivity contribution in [3.05, 3.63) is 34.8 Å². The van der Waals surface area contributed by atoms with Crippen LogP contribution in [0.3, 0.4) is 0 Å². The molecule has 16 heavy (non-hydrogen) atoms. The quantitative estimate of drug-likeness (QED) is 0.562. The van der Waals surface area contributed by atoms with Gasteiger partial charge >= 0.3 is 5.97 Å². The van der Waals surface area contributed by atoms with Crippen LogP contribution in [-0.2, 0) is 4.74 Å². The average molecular weight is 223 g/mol. The van der Waals surface area contributed by atoms with E-state index in [1.54, 1.807) is 13.0 Å². The lowest BCUT2D eigenvalue weighted by Gasteiger charge is -2.03. The van der Waals surface area contributed by atoms with Gasteiger partial charge < -0.3 is 10.1 Å². The molecule has 0 aliphatic heterocycles. The topological polar surface area (TPSA) is 84.1 Å². The van der Waals surface area contributed by atoms with Crippen LogP contribution >= 0.6 is 0 Å². The van der Waals surface area contributed by atoms with E-state index in [9.17, 15) is 9.59 Å². The van der Waals surface area contributed by atoms with Crippen molar-refractivity contribution in [3.63, 3.8) is 0 Å². The molecule has 86 valence electrons. The molecule has 0 bridgehead atoms. The fraction of sp³-hybridized carbons (Fsp3) is 0.300. The number of rotatable bonds is 5. The highest BCUT2D eigenvalue weighted by Crippen LogP contribution is 1.97. The maximum Gasteiger partial charge on any atom is 0.345 e. The Balaban J connectivity index is 2.87. The first kappa shape index (κ1) is 12.0. The number of nitrogens with one attached hydrogen (secondary N) is 2. The molecule has 0 radical (unpaired) electrons. The highest BCUT2D eigenvalue weighted by molar-refractivity contribution is 5.88. The molecule has 0 unspecified atom stereocenters. The van der Waals surface area contributed by atoms with E-state index in [2.05, 4.69) is 21.9 Å². The van der Waals surface area contributed by atoms with Gasteiger partial charge in [0.05, 0.1) is 12.8 Å². The molecule has 0 amide bonds. The zero-order chi connectivity index (χ0) is 12.0. The number of aromatic nitrogens is 2. The van der Waals surface area contributed by atoms with Crippen LogP contribution in [0, 0.1) is 0 Å². The van der Waals surface area contributed by atoms with Crippen molar-refractivity contribution in [2.24, 2.45) is 0 Å². The second-order valence-corrected chi connectivity index (χ2v) is 2.86. The molecule has 0 spiro atoms. The molecule has 1 aromatic rings. The van der Waals surface area contributed by atoms with Crippen molar-refractivity contribution in [2.75, 3.05) is 18.5 Å². The summed E-state index contributed by atoms with van der Waals surface area (Å²) >= 11 is 0. The van der Waals surface area contributed by atoms with Gasteiger partial charge in [0.15, 0.2) is 0 Å². The smallest absolute Gasteiger partial charge is 0.345 e. The molecule has 6 nitrogen and oxygen atoms in total. The summed E-state index contributed by atoms with van der Waals surface area (Å²) in [6.07, 6.45) is 2.81. The summed E-state index contributed by atoms with van der Waals surface area (Å²) in [5.41, 5.74) is -0.633. The van der Waals surface area contributed by atoms with E-state index in [1.807, 2.05) is 0 Å². The SMILES string of the molecule is C=CCNc1ncc(C(=O)OCC)c(=O)[nH]1. The van der Waals surface area contributed by atoms with Crippen molar-refractivity contribution in [2.45, 2.75) is 6.92 Å². The molecule has 0 fully saturated rings. The monoisotopic (exact) mass is 223 g/mol. The molecule has 0 aliphatic rings. The molecule has 6 heteroatoms. The normalized spacial score (nSPS) is 9.56. The van der Waals surface area contributed by atoms with E-state index < -0.39 is 11.5 Å². The van der Waals surface area contributed by atoms with Crippen LogP contribution in [-0.4, -0.2) is 29.1 Å². The van der Waals surface area contributed by atoms with Crippen LogP contribution in [0.5, 0.6) is 0 Å². The summed E-state index contributed by atoms with van der Waals surface area (Å²) in [7, 11) is 0. The number of ether oxygens (including phenoxy) is 1. The lowest BCUT2D eigenvalue weighted by atomic mass is 10.3. The number of anilines is 1. The van der Waals surface area contributed by atoms with Crippen molar-refractivity contribution in [1.82, 2.24) is 9.97 Å². The Morgan fingerprint density at radius 2 is 2.50 bits per heavy atom. The van der Waals surface area contributed by atoms with E-state index in [0.29, 0.717) is 6.54 Å². The van der Waals surface area contributed by atoms with Gasteiger partial charge in [-0.1, -0.05) is 6.08 Å². The maximum absolute atomic E-state index is 11.5. The number of carbonyl (C=O) groups is 1. The molecular formula is C10H13N3O3. The molecule has 2 N–H and O–H groups in total. The number of hydrogen-bond acceptors (Lipinski definition) is 5. The van der Waals surface area contributed by atoms with Gasteiger partial charge in [-0.15, -0.1) is 6.58 Å². The molecule has 1 heterocycles. The van der Waals surface area contributed by atoms with Gasteiger partial charge in [0, 0.05) is 6.54 Å². The van der Waals surface area contributed by atoms with Crippen molar-refractivity contribution in [3.8, 4) is 0 Å². The number of H-pyrrole nitrogens is 1. The molecule has 0 aromatic carbocycles. The number of esters is 1. The van der Waals surface area contributed by atoms with Gasteiger partial charge in [0.25, 0.3) is 5.56 Å². The van der Waals surface area contributed by atoms with E-state index in [4.69, 9.17) is 4.74 Å². The Morgan fingerprint density at radius 1 is 1.75 bits per heavy atom. The summed E-state index contributed by atoms with van der Waals surface area (Å²) in [5, 5.41) is 2.80. The van der Waals surface area contributed by atoms with Crippen molar-refractivity contribution < 1.29 is 9.53 Å². The summed E-state index contributed by atoms with van der Waals surface area (Å²) < 4.78 is 4.69. The highest BCUT2D eigenvalue weighted by Gasteiger charge is 2.12. The van der Waals surface area contributed by atoms with Gasteiger partial charge in [-0.05, 0) is 6.92 Å². The Morgan fingerprint density at radius 3 is 3.06 bits per heavy atom. The van der Waals surface area contributed by atoms with Crippen LogP contribution in [0.1, 0.15) is 17.3 Å². The summed E-state index contributed by atoms with van der Waals surface area (Å²) in [6, 6.07) is 0. The molecule has 0 saturated carbocycles. The largest absolute Gasteiger partial charge is 0.462 e. The van der Waals surface area contributed by atoms with E-state index >= 15 is 0 Å². The molecular weight excluding hydrogens is 210 g/mol. The summed E-state index contributed by atoms with van der Waals surface area (Å²) in [5.74, 6) is -0.385. The van der Waals surface area contributed by atoms with Crippen LogP contribution in [0.4, 0.5) is 5.95 Å². The minimum absolute atomic E-state index is 0.106. The number of nitrogens with zero attached hydrogens (tertiary/aromatic N) is 1. The van der Waals surface area contributed by atoms with Gasteiger partial charge in [-0.3, -0.25) is 9.78 Å². The summed E-state index contributed by atoms with van der Waals surface area (Å²) in [6.45, 7) is 5.87. The predicted molar refractivity (Wildman–Crippen MR) is 59.5 cm³/mol. The third kappa shape index (κ3) is 2.94. The van der Waals surface area contributed by atoms with Gasteiger partial charge in [0.2, 0.25) is 5.95 Å². The third-order valence-corrected chi connectivity index (χ3v) is 1.71. The predicted octanol–water partition coefficient (Wildman–Crippen LogP) is 0.544. The molecule has 1 aromatic heterocycles. The fourth-order valence-corrected chi connectivity index (χ4v) is 1.01. The van der Waals surface area contributed by atoms with E-state index in [-0.39, 0.29) is 18.1 Å². The lowest BCUT2D eigenvalue weighted by molar-refractivity contribution is 0.0524. The molecule has 1 rings (SSSR count). The first-order valence-electron chi connectivity index (χ1n) is 4.80. The minimum atomic E-state index is -0.675. The Kier molecular flexibility index (Phi) is 4.26. The van der Waals surface area contributed by atoms with Crippen molar-refractivity contribution in [1.29, 1.82) is 0 Å². The zero-order valence-electron chi connectivity index (χ0n) is 8.95. The number of hydrogen-bond donors (Lipinski definition) is 2. The third-order valence-electron chi connectivity index (χ3n) is 1.71. The van der Waals surface area contributed by atoms with Crippen LogP contribution in [0.25, 0.3) is 0 Å². The Labute approximate surface area is 92.4 Å². The fourth-order valence-electron chi connectivity index (χ4n) is 1.01. The lowest BCUT2D eigenvalue weighted by Crippen LogP contribution is -2.22. The Bertz CT molecular complexity index is 439. The van der Waals surface area contributed by atoms with Crippen LogP contribution in [0.2, 0.25) is 0 Å². The number of carbonyl (C=O) groups excluding carboxylic acids is 1. The molecule has 0 atom stereocenters. The van der Waals surface area contributed by atoms with Gasteiger partial charge in [-0.2, -0.15) is 0 Å². The minimum Gasteiger partial charge on any atom is -0.462 e. The second kappa shape index (κ2) is 5.69. The summed E-state index contributed by atoms with van der Waals surface area (Å²) in [4.78, 5) is 29.0. The zero-order valence-corrected chi connectivity index (χ0v) is 8.95. The van der Waals surface area contributed by atoms with Gasteiger partial charge in [-0.25, -0.2) is 9.78 Å².